The van der Waals surface area contributed by atoms with E-state index in [1.54, 1.807) is 0 Å². The summed E-state index contributed by atoms with van der Waals surface area (Å²) >= 11 is 0. The first kappa shape index (κ1) is 14.7. The standard InChI is InChI=1S/C18H24N2/c1-3-15-9-11-18(20-13-15)12-17(19)10-8-16-6-4-14(2)5-7-16/h4-7,9,11,13,17H,3,8,10,12,19H2,1-2H3. The highest BCUT2D eigenvalue weighted by Crippen LogP contribution is 2.09. The molecule has 1 aromatic carbocycles. The second kappa shape index (κ2) is 7.20. The van der Waals surface area contributed by atoms with Crippen LogP contribution in [0.15, 0.2) is 42.6 Å². The van der Waals surface area contributed by atoms with Gasteiger partial charge >= 0.3 is 0 Å². The number of aryl methyl sites for hydroxylation is 3. The topological polar surface area (TPSA) is 38.9 Å². The summed E-state index contributed by atoms with van der Waals surface area (Å²) in [5, 5.41) is 0. The number of pyridine rings is 1. The summed E-state index contributed by atoms with van der Waals surface area (Å²) in [7, 11) is 0. The average Bonchev–Trinajstić information content (AvgIpc) is 2.47. The zero-order valence-electron chi connectivity index (χ0n) is 12.5. The SMILES string of the molecule is CCc1ccc(CC(N)CCc2ccc(C)cc2)nc1. The molecule has 1 aromatic heterocycles. The van der Waals surface area contributed by atoms with Crippen LogP contribution in [0.5, 0.6) is 0 Å². The van der Waals surface area contributed by atoms with Crippen LogP contribution in [0.3, 0.4) is 0 Å². The molecular weight excluding hydrogens is 244 g/mol. The number of aromatic nitrogens is 1. The molecule has 0 fully saturated rings. The highest BCUT2D eigenvalue weighted by molar-refractivity contribution is 5.21. The highest BCUT2D eigenvalue weighted by atomic mass is 14.7. The van der Waals surface area contributed by atoms with Crippen molar-refractivity contribution in [3.05, 3.63) is 65.0 Å². The molecule has 1 unspecified atom stereocenters. The average molecular weight is 268 g/mol. The van der Waals surface area contributed by atoms with Crippen molar-refractivity contribution >= 4 is 0 Å². The van der Waals surface area contributed by atoms with Crippen LogP contribution in [0.25, 0.3) is 0 Å². The van der Waals surface area contributed by atoms with Crippen LogP contribution in [0.4, 0.5) is 0 Å². The zero-order chi connectivity index (χ0) is 14.4. The normalized spacial score (nSPS) is 12.3. The number of benzene rings is 1. The largest absolute Gasteiger partial charge is 0.327 e. The Morgan fingerprint density at radius 1 is 1.05 bits per heavy atom. The van der Waals surface area contributed by atoms with Crippen LogP contribution < -0.4 is 5.73 Å². The van der Waals surface area contributed by atoms with E-state index in [1.165, 1.54) is 16.7 Å². The third kappa shape index (κ3) is 4.46. The van der Waals surface area contributed by atoms with E-state index in [0.717, 1.165) is 31.4 Å². The third-order valence-electron chi connectivity index (χ3n) is 3.69. The predicted molar refractivity (Wildman–Crippen MR) is 84.8 cm³/mol. The van der Waals surface area contributed by atoms with Crippen LogP contribution >= 0.6 is 0 Å². The van der Waals surface area contributed by atoms with Gasteiger partial charge in [0.05, 0.1) is 0 Å². The lowest BCUT2D eigenvalue weighted by atomic mass is 10.0. The Morgan fingerprint density at radius 3 is 2.35 bits per heavy atom. The first-order valence-electron chi connectivity index (χ1n) is 7.42. The molecule has 0 radical (unpaired) electrons. The fourth-order valence-corrected chi connectivity index (χ4v) is 2.26. The van der Waals surface area contributed by atoms with Crippen LogP contribution in [0.1, 0.15) is 35.7 Å². The van der Waals surface area contributed by atoms with Gasteiger partial charge in [-0.15, -0.1) is 0 Å². The van der Waals surface area contributed by atoms with E-state index >= 15 is 0 Å². The fraction of sp³-hybridized carbons (Fsp3) is 0.389. The molecule has 0 bridgehead atoms. The summed E-state index contributed by atoms with van der Waals surface area (Å²) in [6, 6.07) is 13.1. The Balaban J connectivity index is 1.82. The second-order valence-corrected chi connectivity index (χ2v) is 5.50. The van der Waals surface area contributed by atoms with E-state index < -0.39 is 0 Å². The Labute approximate surface area is 122 Å². The van der Waals surface area contributed by atoms with Gasteiger partial charge in [0.25, 0.3) is 0 Å². The Kier molecular flexibility index (Phi) is 5.31. The van der Waals surface area contributed by atoms with Gasteiger partial charge in [-0.3, -0.25) is 4.98 Å². The number of nitrogens with zero attached hydrogens (tertiary/aromatic N) is 1. The molecule has 0 saturated heterocycles. The van der Waals surface area contributed by atoms with Crippen molar-refractivity contribution in [3.8, 4) is 0 Å². The fourth-order valence-electron chi connectivity index (χ4n) is 2.26. The van der Waals surface area contributed by atoms with E-state index in [-0.39, 0.29) is 6.04 Å². The summed E-state index contributed by atoms with van der Waals surface area (Å²) in [5.41, 5.74) is 11.3. The molecule has 1 atom stereocenters. The number of nitrogens with two attached hydrogens (primary N) is 1. The first-order valence-corrected chi connectivity index (χ1v) is 7.42. The van der Waals surface area contributed by atoms with Gasteiger partial charge in [-0.25, -0.2) is 0 Å². The number of hydrogen-bond acceptors (Lipinski definition) is 2. The van der Waals surface area contributed by atoms with E-state index in [4.69, 9.17) is 5.73 Å². The predicted octanol–water partition coefficient (Wildman–Crippen LogP) is 3.46. The molecule has 0 aliphatic carbocycles. The molecule has 2 aromatic rings. The lowest BCUT2D eigenvalue weighted by Gasteiger charge is -2.11. The van der Waals surface area contributed by atoms with Crippen LogP contribution in [-0.2, 0) is 19.3 Å². The Bertz CT molecular complexity index is 514. The maximum Gasteiger partial charge on any atom is 0.0419 e. The van der Waals surface area contributed by atoms with Gasteiger partial charge in [0, 0.05) is 24.4 Å². The second-order valence-electron chi connectivity index (χ2n) is 5.50. The summed E-state index contributed by atoms with van der Waals surface area (Å²) < 4.78 is 0. The van der Waals surface area contributed by atoms with Gasteiger partial charge in [0.2, 0.25) is 0 Å². The molecule has 0 amide bonds. The molecular formula is C18H24N2. The van der Waals surface area contributed by atoms with Gasteiger partial charge in [-0.05, 0) is 43.4 Å². The van der Waals surface area contributed by atoms with Crippen molar-refractivity contribution in [2.45, 2.75) is 45.6 Å². The van der Waals surface area contributed by atoms with Crippen LogP contribution in [0.2, 0.25) is 0 Å². The van der Waals surface area contributed by atoms with Gasteiger partial charge in [0.15, 0.2) is 0 Å². The molecule has 0 aliphatic rings. The Morgan fingerprint density at radius 2 is 1.75 bits per heavy atom. The number of rotatable bonds is 6. The van der Waals surface area contributed by atoms with Gasteiger partial charge in [-0.2, -0.15) is 0 Å². The molecule has 2 N–H and O–H groups in total. The monoisotopic (exact) mass is 268 g/mol. The quantitative estimate of drug-likeness (QED) is 0.871. The summed E-state index contributed by atoms with van der Waals surface area (Å²) in [6.07, 6.45) is 5.89. The summed E-state index contributed by atoms with van der Waals surface area (Å²) in [6.45, 7) is 4.26. The van der Waals surface area contributed by atoms with Crippen molar-refractivity contribution in [3.63, 3.8) is 0 Å². The van der Waals surface area contributed by atoms with E-state index in [2.05, 4.69) is 55.2 Å². The van der Waals surface area contributed by atoms with Crippen molar-refractivity contribution in [1.82, 2.24) is 4.98 Å². The lowest BCUT2D eigenvalue weighted by Crippen LogP contribution is -2.24. The molecule has 106 valence electrons. The lowest BCUT2D eigenvalue weighted by molar-refractivity contribution is 0.602. The minimum Gasteiger partial charge on any atom is -0.327 e. The highest BCUT2D eigenvalue weighted by Gasteiger charge is 2.06. The molecule has 0 saturated carbocycles. The van der Waals surface area contributed by atoms with Crippen molar-refractivity contribution in [1.29, 1.82) is 0 Å². The van der Waals surface area contributed by atoms with E-state index in [1.807, 2.05) is 6.20 Å². The Hall–Kier alpha value is -1.67. The van der Waals surface area contributed by atoms with Gasteiger partial charge in [-0.1, -0.05) is 42.8 Å². The van der Waals surface area contributed by atoms with Crippen molar-refractivity contribution < 1.29 is 0 Å². The zero-order valence-corrected chi connectivity index (χ0v) is 12.5. The minimum atomic E-state index is 0.177. The summed E-state index contributed by atoms with van der Waals surface area (Å²) in [4.78, 5) is 4.48. The van der Waals surface area contributed by atoms with Crippen LogP contribution in [-0.4, -0.2) is 11.0 Å². The van der Waals surface area contributed by atoms with Gasteiger partial charge < -0.3 is 5.73 Å². The van der Waals surface area contributed by atoms with Crippen molar-refractivity contribution in [2.24, 2.45) is 5.73 Å². The molecule has 0 aliphatic heterocycles. The minimum absolute atomic E-state index is 0.177. The summed E-state index contributed by atoms with van der Waals surface area (Å²) in [5.74, 6) is 0. The molecule has 2 rings (SSSR count). The smallest absolute Gasteiger partial charge is 0.0419 e. The maximum atomic E-state index is 6.21. The van der Waals surface area contributed by atoms with Crippen molar-refractivity contribution in [2.75, 3.05) is 0 Å². The van der Waals surface area contributed by atoms with Crippen LogP contribution in [0, 0.1) is 6.92 Å². The molecule has 0 spiro atoms. The molecule has 20 heavy (non-hydrogen) atoms. The van der Waals surface area contributed by atoms with E-state index in [9.17, 15) is 0 Å². The first-order chi connectivity index (χ1) is 9.67. The van der Waals surface area contributed by atoms with E-state index in [0.29, 0.717) is 0 Å². The maximum absolute atomic E-state index is 6.21. The molecule has 1 heterocycles. The number of hydrogen-bond donors (Lipinski definition) is 1. The molecule has 2 heteroatoms. The molecule has 2 nitrogen and oxygen atoms in total. The third-order valence-corrected chi connectivity index (χ3v) is 3.69. The van der Waals surface area contributed by atoms with Gasteiger partial charge in [0.1, 0.15) is 0 Å².